The first-order chi connectivity index (χ1) is 9.38. The lowest BCUT2D eigenvalue weighted by molar-refractivity contribution is 0.0659. The van der Waals surface area contributed by atoms with E-state index in [1.807, 2.05) is 26.8 Å². The summed E-state index contributed by atoms with van der Waals surface area (Å²) in [5.41, 5.74) is 1.06. The molecule has 0 saturated heterocycles. The Morgan fingerprint density at radius 2 is 1.95 bits per heavy atom. The van der Waals surface area contributed by atoms with Crippen molar-refractivity contribution in [3.8, 4) is 0 Å². The maximum Gasteiger partial charge on any atom is 0.371 e. The number of carboxylic acid groups (broad SMARTS) is 1. The van der Waals surface area contributed by atoms with Crippen molar-refractivity contribution in [2.24, 2.45) is 0 Å². The predicted molar refractivity (Wildman–Crippen MR) is 75.3 cm³/mol. The van der Waals surface area contributed by atoms with Crippen LogP contribution in [0.5, 0.6) is 0 Å². The van der Waals surface area contributed by atoms with Gasteiger partial charge < -0.3 is 14.8 Å². The maximum atomic E-state index is 12.0. The van der Waals surface area contributed by atoms with Gasteiger partial charge in [0, 0.05) is 9.75 Å². The van der Waals surface area contributed by atoms with E-state index in [9.17, 15) is 9.59 Å². The number of amides is 1. The lowest BCUT2D eigenvalue weighted by atomic mass is 10.1. The van der Waals surface area contributed by atoms with Crippen LogP contribution in [0.4, 0.5) is 0 Å². The summed E-state index contributed by atoms with van der Waals surface area (Å²) in [6.45, 7) is 5.90. The third kappa shape index (κ3) is 2.91. The van der Waals surface area contributed by atoms with Gasteiger partial charge in [-0.25, -0.2) is 4.79 Å². The fraction of sp³-hybridized carbons (Fsp3) is 0.286. The first-order valence-corrected chi connectivity index (χ1v) is 6.91. The normalized spacial score (nSPS) is 12.2. The van der Waals surface area contributed by atoms with Gasteiger partial charge in [0.05, 0.1) is 6.04 Å². The highest BCUT2D eigenvalue weighted by Gasteiger charge is 2.18. The summed E-state index contributed by atoms with van der Waals surface area (Å²) in [4.78, 5) is 25.0. The van der Waals surface area contributed by atoms with Crippen LogP contribution in [0.25, 0.3) is 0 Å². The van der Waals surface area contributed by atoms with Crippen LogP contribution in [0.3, 0.4) is 0 Å². The van der Waals surface area contributed by atoms with Gasteiger partial charge in [-0.15, -0.1) is 11.3 Å². The molecule has 2 aromatic rings. The Morgan fingerprint density at radius 1 is 1.30 bits per heavy atom. The molecule has 0 spiro atoms. The monoisotopic (exact) mass is 293 g/mol. The van der Waals surface area contributed by atoms with Crippen LogP contribution in [0, 0.1) is 13.8 Å². The Balaban J connectivity index is 2.10. The molecular formula is C14H15NO4S. The molecule has 5 nitrogen and oxygen atoms in total. The minimum atomic E-state index is -1.19. The first-order valence-electron chi connectivity index (χ1n) is 6.09. The topological polar surface area (TPSA) is 79.5 Å². The summed E-state index contributed by atoms with van der Waals surface area (Å²) in [5, 5.41) is 11.6. The summed E-state index contributed by atoms with van der Waals surface area (Å²) in [6, 6.07) is 4.50. The quantitative estimate of drug-likeness (QED) is 0.907. The summed E-state index contributed by atoms with van der Waals surface area (Å²) in [6.07, 6.45) is 0. The lowest BCUT2D eigenvalue weighted by Gasteiger charge is -2.12. The van der Waals surface area contributed by atoms with Gasteiger partial charge in [-0.1, -0.05) is 0 Å². The summed E-state index contributed by atoms with van der Waals surface area (Å²) in [7, 11) is 0. The molecule has 6 heteroatoms. The van der Waals surface area contributed by atoms with Gasteiger partial charge in [0.1, 0.15) is 0 Å². The molecule has 20 heavy (non-hydrogen) atoms. The number of furan rings is 1. The SMILES string of the molecule is Cc1cc(C(C)NC(=O)c2ccc(C(=O)O)o2)c(C)s1. The van der Waals surface area contributed by atoms with Gasteiger partial charge in [0.15, 0.2) is 5.76 Å². The van der Waals surface area contributed by atoms with Crippen molar-refractivity contribution in [1.82, 2.24) is 5.32 Å². The Kier molecular flexibility index (Phi) is 3.94. The Hall–Kier alpha value is -2.08. The van der Waals surface area contributed by atoms with E-state index in [1.54, 1.807) is 11.3 Å². The van der Waals surface area contributed by atoms with Crippen molar-refractivity contribution in [3.05, 3.63) is 45.0 Å². The molecule has 106 valence electrons. The summed E-state index contributed by atoms with van der Waals surface area (Å²) >= 11 is 1.68. The number of thiophene rings is 1. The van der Waals surface area contributed by atoms with E-state index < -0.39 is 11.9 Å². The van der Waals surface area contributed by atoms with Crippen molar-refractivity contribution in [2.45, 2.75) is 26.8 Å². The van der Waals surface area contributed by atoms with Gasteiger partial charge in [0.25, 0.3) is 5.91 Å². The molecule has 0 aliphatic rings. The zero-order valence-electron chi connectivity index (χ0n) is 11.4. The number of nitrogens with one attached hydrogen (secondary N) is 1. The van der Waals surface area contributed by atoms with Crippen LogP contribution in [0.2, 0.25) is 0 Å². The van der Waals surface area contributed by atoms with E-state index in [-0.39, 0.29) is 17.6 Å². The highest BCUT2D eigenvalue weighted by atomic mass is 32.1. The minimum Gasteiger partial charge on any atom is -0.475 e. The van der Waals surface area contributed by atoms with Crippen LogP contribution >= 0.6 is 11.3 Å². The van der Waals surface area contributed by atoms with Crippen LogP contribution < -0.4 is 5.32 Å². The highest BCUT2D eigenvalue weighted by Crippen LogP contribution is 2.26. The number of aryl methyl sites for hydroxylation is 2. The van der Waals surface area contributed by atoms with Crippen molar-refractivity contribution in [1.29, 1.82) is 0 Å². The molecule has 0 fully saturated rings. The lowest BCUT2D eigenvalue weighted by Crippen LogP contribution is -2.26. The zero-order valence-corrected chi connectivity index (χ0v) is 12.2. The van der Waals surface area contributed by atoms with Crippen molar-refractivity contribution in [2.75, 3.05) is 0 Å². The van der Waals surface area contributed by atoms with Crippen LogP contribution in [-0.2, 0) is 0 Å². The molecule has 2 rings (SSSR count). The molecule has 1 atom stereocenters. The summed E-state index contributed by atoms with van der Waals surface area (Å²) in [5.74, 6) is -1.86. The molecule has 2 aromatic heterocycles. The van der Waals surface area contributed by atoms with Crippen molar-refractivity contribution < 1.29 is 19.1 Å². The smallest absolute Gasteiger partial charge is 0.371 e. The van der Waals surface area contributed by atoms with Crippen molar-refractivity contribution in [3.63, 3.8) is 0 Å². The average molecular weight is 293 g/mol. The Labute approximate surface area is 120 Å². The second-order valence-electron chi connectivity index (χ2n) is 4.53. The Bertz CT molecular complexity index is 656. The molecular weight excluding hydrogens is 278 g/mol. The number of carboxylic acids is 1. The average Bonchev–Trinajstić information content (AvgIpc) is 2.95. The predicted octanol–water partition coefficient (Wildman–Crippen LogP) is 3.15. The van der Waals surface area contributed by atoms with E-state index in [0.29, 0.717) is 0 Å². The molecule has 0 radical (unpaired) electrons. The number of rotatable bonds is 4. The highest BCUT2D eigenvalue weighted by molar-refractivity contribution is 7.12. The molecule has 1 unspecified atom stereocenters. The van der Waals surface area contributed by atoms with E-state index in [0.717, 1.165) is 10.4 Å². The fourth-order valence-electron chi connectivity index (χ4n) is 2.00. The second kappa shape index (κ2) is 5.50. The zero-order chi connectivity index (χ0) is 14.9. The van der Waals surface area contributed by atoms with Crippen molar-refractivity contribution >= 4 is 23.2 Å². The molecule has 0 saturated carbocycles. The molecule has 2 heterocycles. The van der Waals surface area contributed by atoms with E-state index >= 15 is 0 Å². The first kappa shape index (κ1) is 14.3. The molecule has 0 bridgehead atoms. The molecule has 0 aromatic carbocycles. The minimum absolute atomic E-state index is 0.00106. The van der Waals surface area contributed by atoms with E-state index in [4.69, 9.17) is 9.52 Å². The van der Waals surface area contributed by atoms with E-state index in [2.05, 4.69) is 5.32 Å². The number of carbonyl (C=O) groups excluding carboxylic acids is 1. The Morgan fingerprint density at radius 3 is 2.45 bits per heavy atom. The molecule has 0 aliphatic heterocycles. The number of aromatic carboxylic acids is 1. The summed E-state index contributed by atoms with van der Waals surface area (Å²) < 4.78 is 4.97. The van der Waals surface area contributed by atoms with Crippen LogP contribution in [0.1, 0.15) is 49.4 Å². The van der Waals surface area contributed by atoms with Gasteiger partial charge in [-0.3, -0.25) is 4.79 Å². The number of carbonyl (C=O) groups is 2. The van der Waals surface area contributed by atoms with Gasteiger partial charge in [-0.2, -0.15) is 0 Å². The van der Waals surface area contributed by atoms with Gasteiger partial charge in [-0.05, 0) is 44.5 Å². The van der Waals surface area contributed by atoms with Gasteiger partial charge in [0.2, 0.25) is 5.76 Å². The molecule has 1 amide bonds. The number of hydrogen-bond donors (Lipinski definition) is 2. The molecule has 0 aliphatic carbocycles. The number of hydrogen-bond acceptors (Lipinski definition) is 4. The third-order valence-electron chi connectivity index (χ3n) is 2.93. The second-order valence-corrected chi connectivity index (χ2v) is 5.99. The fourth-order valence-corrected chi connectivity index (χ4v) is 3.02. The molecule has 2 N–H and O–H groups in total. The van der Waals surface area contributed by atoms with Gasteiger partial charge >= 0.3 is 5.97 Å². The largest absolute Gasteiger partial charge is 0.475 e. The van der Waals surface area contributed by atoms with Crippen LogP contribution in [0.15, 0.2) is 22.6 Å². The maximum absolute atomic E-state index is 12.0. The third-order valence-corrected chi connectivity index (χ3v) is 3.92. The van der Waals surface area contributed by atoms with E-state index in [1.165, 1.54) is 17.0 Å². The van der Waals surface area contributed by atoms with Crippen LogP contribution in [-0.4, -0.2) is 17.0 Å². The standard InChI is InChI=1S/C14H15NO4S/c1-7-6-10(9(3)20-7)8(2)15-13(16)11-4-5-12(19-11)14(17)18/h4-6,8H,1-3H3,(H,15,16)(H,17,18).